The second-order valence-electron chi connectivity index (χ2n) is 5.42. The summed E-state index contributed by atoms with van der Waals surface area (Å²) in [7, 11) is 0. The summed E-state index contributed by atoms with van der Waals surface area (Å²) in [6.07, 6.45) is 2.60. The highest BCUT2D eigenvalue weighted by Crippen LogP contribution is 2.39. The topological polar surface area (TPSA) is 63.4 Å². The van der Waals surface area contributed by atoms with Crippen molar-refractivity contribution in [2.75, 3.05) is 5.75 Å². The molecule has 2 N–H and O–H groups in total. The number of rotatable bonds is 3. The third-order valence-corrected chi connectivity index (χ3v) is 5.47. The van der Waals surface area contributed by atoms with Crippen LogP contribution in [0.15, 0.2) is 30.3 Å². The quantitative estimate of drug-likeness (QED) is 0.915. The largest absolute Gasteiger partial charge is 0.368 e. The fourth-order valence-electron chi connectivity index (χ4n) is 3.07. The lowest BCUT2D eigenvalue weighted by molar-refractivity contribution is -0.145. The van der Waals surface area contributed by atoms with Crippen molar-refractivity contribution in [1.29, 1.82) is 0 Å². The van der Waals surface area contributed by atoms with Crippen LogP contribution in [-0.4, -0.2) is 33.9 Å². The molecule has 0 bridgehead atoms. The van der Waals surface area contributed by atoms with Gasteiger partial charge in [0.1, 0.15) is 6.04 Å². The molecular formula is C15H18N2O2S. The van der Waals surface area contributed by atoms with Crippen molar-refractivity contribution >= 4 is 23.6 Å². The van der Waals surface area contributed by atoms with Crippen LogP contribution in [0.2, 0.25) is 0 Å². The van der Waals surface area contributed by atoms with Gasteiger partial charge in [0.15, 0.2) is 0 Å². The van der Waals surface area contributed by atoms with E-state index in [2.05, 4.69) is 0 Å². The third kappa shape index (κ3) is 2.42. The lowest BCUT2D eigenvalue weighted by atomic mass is 9.89. The van der Waals surface area contributed by atoms with E-state index >= 15 is 0 Å². The van der Waals surface area contributed by atoms with Gasteiger partial charge in [-0.15, -0.1) is 11.8 Å². The molecule has 2 heterocycles. The number of carbonyl (C=O) groups excluding carboxylic acids is 2. The van der Waals surface area contributed by atoms with Gasteiger partial charge >= 0.3 is 0 Å². The lowest BCUT2D eigenvalue weighted by Gasteiger charge is -2.36. The van der Waals surface area contributed by atoms with Crippen molar-refractivity contribution in [3.8, 4) is 0 Å². The predicted molar refractivity (Wildman–Crippen MR) is 78.9 cm³/mol. The average molecular weight is 290 g/mol. The summed E-state index contributed by atoms with van der Waals surface area (Å²) in [5.41, 5.74) is 6.59. The van der Waals surface area contributed by atoms with Gasteiger partial charge in [-0.05, 0) is 24.8 Å². The van der Waals surface area contributed by atoms with E-state index in [0.29, 0.717) is 5.75 Å². The van der Waals surface area contributed by atoms with Crippen LogP contribution in [-0.2, 0) is 16.0 Å². The van der Waals surface area contributed by atoms with Crippen molar-refractivity contribution in [3.05, 3.63) is 35.9 Å². The summed E-state index contributed by atoms with van der Waals surface area (Å²) >= 11 is 1.68. The summed E-state index contributed by atoms with van der Waals surface area (Å²) in [5, 5.41) is 0.145. The molecule has 1 aromatic carbocycles. The number of hydrogen-bond donors (Lipinski definition) is 1. The minimum absolute atomic E-state index is 0.0193. The number of nitrogens with two attached hydrogens (primary N) is 1. The Morgan fingerprint density at radius 2 is 2.05 bits per heavy atom. The summed E-state index contributed by atoms with van der Waals surface area (Å²) in [6.45, 7) is 0. The zero-order valence-electron chi connectivity index (χ0n) is 11.2. The molecule has 3 atom stereocenters. The number of amides is 2. The fourth-order valence-corrected chi connectivity index (χ4v) is 4.51. The molecule has 0 radical (unpaired) electrons. The maximum Gasteiger partial charge on any atom is 0.241 e. The van der Waals surface area contributed by atoms with Crippen molar-refractivity contribution < 1.29 is 9.59 Å². The Kier molecular flexibility index (Phi) is 3.70. The van der Waals surface area contributed by atoms with E-state index in [-0.39, 0.29) is 23.1 Å². The Labute approximate surface area is 122 Å². The molecule has 106 valence electrons. The molecule has 5 heteroatoms. The molecule has 0 saturated carbocycles. The number of carbonyl (C=O) groups is 2. The van der Waals surface area contributed by atoms with Crippen LogP contribution in [0.25, 0.3) is 0 Å². The molecule has 1 unspecified atom stereocenters. The minimum atomic E-state index is -0.420. The first-order chi connectivity index (χ1) is 9.66. The molecule has 2 aliphatic heterocycles. The Morgan fingerprint density at radius 3 is 2.75 bits per heavy atom. The molecule has 2 saturated heterocycles. The van der Waals surface area contributed by atoms with Crippen LogP contribution >= 0.6 is 11.8 Å². The second kappa shape index (κ2) is 5.48. The molecule has 3 rings (SSSR count). The van der Waals surface area contributed by atoms with Crippen LogP contribution in [0, 0.1) is 5.92 Å². The summed E-state index contributed by atoms with van der Waals surface area (Å²) in [4.78, 5) is 25.9. The first-order valence-corrected chi connectivity index (χ1v) is 7.98. The number of benzene rings is 1. The maximum absolute atomic E-state index is 12.6. The van der Waals surface area contributed by atoms with Gasteiger partial charge in [-0.1, -0.05) is 30.3 Å². The van der Waals surface area contributed by atoms with E-state index in [0.717, 1.165) is 19.3 Å². The van der Waals surface area contributed by atoms with Crippen molar-refractivity contribution in [1.82, 2.24) is 4.90 Å². The van der Waals surface area contributed by atoms with Crippen molar-refractivity contribution in [3.63, 3.8) is 0 Å². The van der Waals surface area contributed by atoms with Crippen LogP contribution in [0.4, 0.5) is 0 Å². The Morgan fingerprint density at radius 1 is 1.30 bits per heavy atom. The van der Waals surface area contributed by atoms with E-state index in [1.165, 1.54) is 5.56 Å². The lowest BCUT2D eigenvalue weighted by Crippen LogP contribution is -2.53. The first-order valence-electron chi connectivity index (χ1n) is 6.94. The predicted octanol–water partition coefficient (Wildman–Crippen LogP) is 1.39. The summed E-state index contributed by atoms with van der Waals surface area (Å²) in [5.74, 6) is 0.339. The fraction of sp³-hybridized carbons (Fsp3) is 0.467. The Bertz CT molecular complexity index is 520. The number of fused-ring (bicyclic) bond motifs is 1. The smallest absolute Gasteiger partial charge is 0.241 e. The van der Waals surface area contributed by atoms with Gasteiger partial charge < -0.3 is 10.6 Å². The first kappa shape index (κ1) is 13.5. The molecule has 0 aromatic heterocycles. The number of thioether (sulfide) groups is 1. The van der Waals surface area contributed by atoms with Crippen molar-refractivity contribution in [2.24, 2.45) is 11.7 Å². The molecule has 2 aliphatic rings. The average Bonchev–Trinajstić information content (AvgIpc) is 2.88. The Hall–Kier alpha value is -1.49. The van der Waals surface area contributed by atoms with E-state index in [9.17, 15) is 9.59 Å². The van der Waals surface area contributed by atoms with Gasteiger partial charge in [-0.2, -0.15) is 0 Å². The number of piperidine rings is 1. The number of primary amides is 1. The van der Waals surface area contributed by atoms with E-state index in [4.69, 9.17) is 5.73 Å². The van der Waals surface area contributed by atoms with Gasteiger partial charge in [0.25, 0.3) is 0 Å². The van der Waals surface area contributed by atoms with Crippen LogP contribution in [0.3, 0.4) is 0 Å². The second-order valence-corrected chi connectivity index (χ2v) is 6.63. The molecule has 4 nitrogen and oxygen atoms in total. The molecule has 20 heavy (non-hydrogen) atoms. The molecule has 1 aromatic rings. The molecule has 2 fully saturated rings. The number of hydrogen-bond acceptors (Lipinski definition) is 3. The molecule has 2 amide bonds. The SMILES string of the molecule is NC(=O)[C@@H]1CSC2CC[C@@H](Cc3ccccc3)C(=O)N21. The number of nitrogens with zero attached hydrogens (tertiary/aromatic N) is 1. The molecule has 0 aliphatic carbocycles. The van der Waals surface area contributed by atoms with Gasteiger partial charge in [0.05, 0.1) is 5.37 Å². The van der Waals surface area contributed by atoms with Gasteiger partial charge in [0, 0.05) is 11.7 Å². The van der Waals surface area contributed by atoms with E-state index in [1.54, 1.807) is 16.7 Å². The highest BCUT2D eigenvalue weighted by molar-refractivity contribution is 8.00. The standard InChI is InChI=1S/C15H18N2O2S/c16-14(18)12-9-20-13-7-6-11(15(19)17(12)13)8-10-4-2-1-3-5-10/h1-5,11-13H,6-9H2,(H2,16,18)/t11-,12-,13?/m0/s1. The van der Waals surface area contributed by atoms with Gasteiger partial charge in [-0.3, -0.25) is 9.59 Å². The van der Waals surface area contributed by atoms with Gasteiger partial charge in [0.2, 0.25) is 11.8 Å². The summed E-state index contributed by atoms with van der Waals surface area (Å²) < 4.78 is 0. The Balaban J connectivity index is 1.75. The maximum atomic E-state index is 12.6. The molecule has 0 spiro atoms. The van der Waals surface area contributed by atoms with Crippen molar-refractivity contribution in [2.45, 2.75) is 30.7 Å². The zero-order valence-corrected chi connectivity index (χ0v) is 12.0. The van der Waals surface area contributed by atoms with Crippen LogP contribution < -0.4 is 5.73 Å². The highest BCUT2D eigenvalue weighted by Gasteiger charge is 2.45. The minimum Gasteiger partial charge on any atom is -0.368 e. The zero-order chi connectivity index (χ0) is 14.1. The normalized spacial score (nSPS) is 29.3. The summed E-state index contributed by atoms with van der Waals surface area (Å²) in [6, 6.07) is 9.62. The van der Waals surface area contributed by atoms with E-state index in [1.807, 2.05) is 30.3 Å². The van der Waals surface area contributed by atoms with Gasteiger partial charge in [-0.25, -0.2) is 0 Å². The van der Waals surface area contributed by atoms with Crippen LogP contribution in [0.5, 0.6) is 0 Å². The monoisotopic (exact) mass is 290 g/mol. The van der Waals surface area contributed by atoms with E-state index < -0.39 is 6.04 Å². The molecular weight excluding hydrogens is 272 g/mol. The third-order valence-electron chi connectivity index (χ3n) is 4.11. The van der Waals surface area contributed by atoms with Crippen LogP contribution in [0.1, 0.15) is 18.4 Å². The highest BCUT2D eigenvalue weighted by atomic mass is 32.2.